The Morgan fingerprint density at radius 3 is 2.26 bits per heavy atom. The molecular weight excluding hydrogens is 685 g/mol. The number of ether oxygens (including phenoxy) is 1. The molecule has 8 heteroatoms. The van der Waals surface area contributed by atoms with E-state index in [1.807, 2.05) is 48.5 Å². The smallest absolute Gasteiger partial charge is 0.189 e. The Balaban J connectivity index is 1.12. The molecule has 2 bridgehead atoms. The maximum absolute atomic E-state index is 14.7. The predicted octanol–water partition coefficient (Wildman–Crippen LogP) is 7.82. The van der Waals surface area contributed by atoms with E-state index >= 15 is 0 Å². The zero-order valence-corrected chi connectivity index (χ0v) is 31.4. The topological polar surface area (TPSA) is 90.2 Å². The molecule has 3 saturated carbocycles. The van der Waals surface area contributed by atoms with E-state index < -0.39 is 45.7 Å². The summed E-state index contributed by atoms with van der Waals surface area (Å²) in [5.74, 6) is -2.40. The summed E-state index contributed by atoms with van der Waals surface area (Å²) in [7, 11) is 0. The second kappa shape index (κ2) is 13.9. The molecule has 6 nitrogen and oxygen atoms in total. The number of hydrogen-bond donors (Lipinski definition) is 3. The number of benzene rings is 3. The molecule has 286 valence electrons. The van der Waals surface area contributed by atoms with E-state index in [-0.39, 0.29) is 35.2 Å². The SMILES string of the molecule is CC12CCC(O)CC13C=CC1(C(C(=O)c4ccc(F)c(F)c4)=C3)C2CCC2(C)C1CCC2(O)CN(Cc1ccccc1)CC(O)COCc1ccccc1. The van der Waals surface area contributed by atoms with Crippen molar-refractivity contribution < 1.29 is 33.6 Å². The lowest BCUT2D eigenvalue weighted by Crippen LogP contribution is -2.67. The number of Topliss-reactive ketones (excluding diaryl/α,β-unsaturated/α-hetero) is 1. The van der Waals surface area contributed by atoms with Gasteiger partial charge in [-0.1, -0.05) is 92.7 Å². The van der Waals surface area contributed by atoms with Crippen LogP contribution in [-0.2, 0) is 17.9 Å². The second-order valence-corrected chi connectivity index (χ2v) is 17.6. The Labute approximate surface area is 317 Å². The van der Waals surface area contributed by atoms with Gasteiger partial charge in [-0.2, -0.15) is 0 Å². The highest BCUT2D eigenvalue weighted by Gasteiger charge is 2.74. The van der Waals surface area contributed by atoms with E-state index in [2.05, 4.69) is 49.1 Å². The van der Waals surface area contributed by atoms with Crippen molar-refractivity contribution >= 4 is 5.78 Å². The highest BCUT2D eigenvalue weighted by atomic mass is 19.2. The number of carbonyl (C=O) groups excluding carboxylic acids is 1. The lowest BCUT2D eigenvalue weighted by Gasteiger charge is -2.71. The van der Waals surface area contributed by atoms with Crippen LogP contribution in [0.1, 0.15) is 80.3 Å². The van der Waals surface area contributed by atoms with Gasteiger partial charge in [0.2, 0.25) is 0 Å². The number of nitrogens with zero attached hydrogens (tertiary/aromatic N) is 1. The standard InChI is InChI=1S/C46H53F2NO5/c1-42-18-15-34(50)24-44(42)21-22-46(36(25-44)41(52)33-13-14-37(47)38(48)23-33)39(42)16-19-43(2)40(46)17-20-45(43,53)30-49(26-31-9-5-3-6-10-31)27-35(51)29-54-28-32-11-7-4-8-12-32/h3-14,21-23,25,34-35,39-40,50-51,53H,15-20,24,26-30H2,1-2H3. The maximum Gasteiger partial charge on any atom is 0.189 e. The number of allylic oxidation sites excluding steroid dienone is 4. The van der Waals surface area contributed by atoms with Crippen molar-refractivity contribution in [2.24, 2.45) is 33.5 Å². The molecule has 9 atom stereocenters. The molecule has 9 rings (SSSR count). The van der Waals surface area contributed by atoms with Crippen molar-refractivity contribution in [1.29, 1.82) is 0 Å². The van der Waals surface area contributed by atoms with Crippen LogP contribution in [0.15, 0.2) is 103 Å². The van der Waals surface area contributed by atoms with E-state index in [1.54, 1.807) is 0 Å². The summed E-state index contributed by atoms with van der Waals surface area (Å²) in [5.41, 5.74) is -0.406. The van der Waals surface area contributed by atoms with E-state index in [1.165, 1.54) is 6.07 Å². The third-order valence-corrected chi connectivity index (χ3v) is 14.8. The Kier molecular flexibility index (Phi) is 9.62. The first-order valence-corrected chi connectivity index (χ1v) is 19.7. The molecule has 6 aliphatic carbocycles. The summed E-state index contributed by atoms with van der Waals surface area (Å²) in [5, 5.41) is 35.4. The minimum atomic E-state index is -1.14. The van der Waals surface area contributed by atoms with Gasteiger partial charge in [-0.15, -0.1) is 0 Å². The molecular formula is C46H53F2NO5. The van der Waals surface area contributed by atoms with Crippen LogP contribution in [0.5, 0.6) is 0 Å². The number of fused-ring (bicyclic) bond motifs is 1. The van der Waals surface area contributed by atoms with Gasteiger partial charge in [0.1, 0.15) is 0 Å². The van der Waals surface area contributed by atoms with E-state index in [9.17, 15) is 28.9 Å². The monoisotopic (exact) mass is 737 g/mol. The predicted molar refractivity (Wildman–Crippen MR) is 203 cm³/mol. The zero-order chi connectivity index (χ0) is 37.9. The minimum absolute atomic E-state index is 0.0705. The van der Waals surface area contributed by atoms with Crippen LogP contribution in [0.3, 0.4) is 0 Å². The third kappa shape index (κ3) is 5.95. The highest BCUT2D eigenvalue weighted by molar-refractivity contribution is 6.10. The van der Waals surface area contributed by atoms with Crippen LogP contribution in [-0.4, -0.2) is 63.5 Å². The summed E-state index contributed by atoms with van der Waals surface area (Å²) in [6.45, 7) is 6.24. The fourth-order valence-electron chi connectivity index (χ4n) is 12.0. The van der Waals surface area contributed by atoms with Crippen molar-refractivity contribution in [2.45, 2.75) is 89.8 Å². The molecule has 0 aromatic heterocycles. The Hall–Kier alpha value is -3.53. The number of rotatable bonds is 12. The number of hydrogen-bond acceptors (Lipinski definition) is 6. The number of halogens is 2. The first kappa shape index (κ1) is 37.4. The largest absolute Gasteiger partial charge is 0.393 e. The molecule has 0 heterocycles. The average Bonchev–Trinajstić information content (AvgIpc) is 3.42. The van der Waals surface area contributed by atoms with Crippen LogP contribution in [0.25, 0.3) is 0 Å². The van der Waals surface area contributed by atoms with E-state index in [0.717, 1.165) is 42.5 Å². The van der Waals surface area contributed by atoms with Gasteiger partial charge in [-0.3, -0.25) is 9.69 Å². The van der Waals surface area contributed by atoms with E-state index in [0.29, 0.717) is 57.5 Å². The second-order valence-electron chi connectivity index (χ2n) is 17.6. The lowest BCUT2D eigenvalue weighted by molar-refractivity contribution is -0.177. The van der Waals surface area contributed by atoms with Crippen LogP contribution in [0.4, 0.5) is 8.78 Å². The fraction of sp³-hybridized carbons (Fsp3) is 0.500. The van der Waals surface area contributed by atoms with Crippen LogP contribution in [0.2, 0.25) is 0 Å². The molecule has 3 fully saturated rings. The molecule has 0 radical (unpaired) electrons. The van der Waals surface area contributed by atoms with Crippen molar-refractivity contribution in [2.75, 3.05) is 19.7 Å². The van der Waals surface area contributed by atoms with Gasteiger partial charge in [-0.25, -0.2) is 8.78 Å². The molecule has 9 unspecified atom stereocenters. The molecule has 0 amide bonds. The van der Waals surface area contributed by atoms with E-state index in [4.69, 9.17) is 4.74 Å². The Bertz CT molecular complexity index is 1940. The Morgan fingerprint density at radius 1 is 0.870 bits per heavy atom. The number of aliphatic hydroxyl groups excluding tert-OH is 2. The van der Waals surface area contributed by atoms with Gasteiger partial charge < -0.3 is 20.1 Å². The summed E-state index contributed by atoms with van der Waals surface area (Å²) in [4.78, 5) is 16.9. The molecule has 3 N–H and O–H groups in total. The first-order chi connectivity index (χ1) is 25.8. The summed E-state index contributed by atoms with van der Waals surface area (Å²) >= 11 is 0. The van der Waals surface area contributed by atoms with Gasteiger partial charge in [0.25, 0.3) is 0 Å². The van der Waals surface area contributed by atoms with Crippen LogP contribution in [0, 0.1) is 45.1 Å². The minimum Gasteiger partial charge on any atom is -0.393 e. The number of carbonyl (C=O) groups is 1. The molecule has 0 aliphatic heterocycles. The quantitative estimate of drug-likeness (QED) is 0.130. The van der Waals surface area contributed by atoms with Gasteiger partial charge >= 0.3 is 0 Å². The molecule has 0 saturated heterocycles. The van der Waals surface area contributed by atoms with Gasteiger partial charge in [0.05, 0.1) is 31.0 Å². The summed E-state index contributed by atoms with van der Waals surface area (Å²) in [6, 6.07) is 23.3. The Morgan fingerprint density at radius 2 is 1.54 bits per heavy atom. The number of ketones is 1. The van der Waals surface area contributed by atoms with Gasteiger partial charge in [0, 0.05) is 47.0 Å². The molecule has 2 spiro atoms. The third-order valence-electron chi connectivity index (χ3n) is 14.8. The maximum atomic E-state index is 14.7. The van der Waals surface area contributed by atoms with Crippen molar-refractivity contribution in [1.82, 2.24) is 4.90 Å². The van der Waals surface area contributed by atoms with Crippen LogP contribution >= 0.6 is 0 Å². The number of aliphatic hydroxyl groups is 3. The molecule has 6 aliphatic rings. The molecule has 3 aromatic rings. The summed E-state index contributed by atoms with van der Waals surface area (Å²) in [6.07, 6.45) is 10.1. The van der Waals surface area contributed by atoms with Gasteiger partial charge in [0.15, 0.2) is 17.4 Å². The fourth-order valence-corrected chi connectivity index (χ4v) is 12.0. The normalized spacial score (nSPS) is 35.6. The highest BCUT2D eigenvalue weighted by Crippen LogP contribution is 2.78. The lowest BCUT2D eigenvalue weighted by atomic mass is 9.32. The first-order valence-electron chi connectivity index (χ1n) is 19.7. The van der Waals surface area contributed by atoms with Crippen LogP contribution < -0.4 is 0 Å². The average molecular weight is 738 g/mol. The summed E-state index contributed by atoms with van der Waals surface area (Å²) < 4.78 is 34.7. The zero-order valence-electron chi connectivity index (χ0n) is 31.4. The van der Waals surface area contributed by atoms with Crippen molar-refractivity contribution in [3.05, 3.63) is 131 Å². The van der Waals surface area contributed by atoms with Gasteiger partial charge in [-0.05, 0) is 91.5 Å². The van der Waals surface area contributed by atoms with Crippen molar-refractivity contribution in [3.63, 3.8) is 0 Å². The molecule has 3 aromatic carbocycles. The molecule has 54 heavy (non-hydrogen) atoms. The van der Waals surface area contributed by atoms with Crippen molar-refractivity contribution in [3.8, 4) is 0 Å².